The van der Waals surface area contributed by atoms with Gasteiger partial charge in [0.25, 0.3) is 0 Å². The predicted octanol–water partition coefficient (Wildman–Crippen LogP) is 3.45. The van der Waals surface area contributed by atoms with E-state index in [0.29, 0.717) is 5.56 Å². The quantitative estimate of drug-likeness (QED) is 0.857. The third-order valence-electron chi connectivity index (χ3n) is 3.19. The van der Waals surface area contributed by atoms with Gasteiger partial charge in [0.05, 0.1) is 13.0 Å². The van der Waals surface area contributed by atoms with Gasteiger partial charge >= 0.3 is 5.97 Å². The normalized spacial score (nSPS) is 12.0. The van der Waals surface area contributed by atoms with Crippen LogP contribution in [0.25, 0.3) is 11.1 Å². The van der Waals surface area contributed by atoms with Crippen molar-refractivity contribution in [1.82, 2.24) is 0 Å². The van der Waals surface area contributed by atoms with Crippen molar-refractivity contribution >= 4 is 5.97 Å². The van der Waals surface area contributed by atoms with E-state index in [-0.39, 0.29) is 13.0 Å². The zero-order valence-corrected chi connectivity index (χ0v) is 11.9. The van der Waals surface area contributed by atoms with E-state index in [1.165, 1.54) is 6.07 Å². The van der Waals surface area contributed by atoms with Crippen LogP contribution in [-0.4, -0.2) is 12.6 Å². The third kappa shape index (κ3) is 3.89. The summed E-state index contributed by atoms with van der Waals surface area (Å²) < 4.78 is 18.8. The molecule has 2 aromatic rings. The molecule has 2 aromatic carbocycles. The second kappa shape index (κ2) is 6.99. The molecule has 1 atom stereocenters. The SMILES string of the molecule is CCOC(=O)CC(N)c1cc(-c2ccccc2)ccc1F. The summed E-state index contributed by atoms with van der Waals surface area (Å²) >= 11 is 0. The summed E-state index contributed by atoms with van der Waals surface area (Å²) in [5.74, 6) is -0.832. The molecule has 0 amide bonds. The van der Waals surface area contributed by atoms with E-state index in [0.717, 1.165) is 11.1 Å². The van der Waals surface area contributed by atoms with Gasteiger partial charge < -0.3 is 10.5 Å². The van der Waals surface area contributed by atoms with Gasteiger partial charge in [-0.25, -0.2) is 4.39 Å². The van der Waals surface area contributed by atoms with Crippen molar-refractivity contribution in [3.05, 3.63) is 59.9 Å². The minimum atomic E-state index is -0.715. The molecule has 2 rings (SSSR count). The van der Waals surface area contributed by atoms with Gasteiger partial charge in [-0.3, -0.25) is 4.79 Å². The van der Waals surface area contributed by atoms with Crippen LogP contribution in [0.4, 0.5) is 4.39 Å². The van der Waals surface area contributed by atoms with Crippen LogP contribution in [0.15, 0.2) is 48.5 Å². The molecule has 4 heteroatoms. The fourth-order valence-corrected chi connectivity index (χ4v) is 2.15. The van der Waals surface area contributed by atoms with Gasteiger partial charge in [0, 0.05) is 11.6 Å². The maximum atomic E-state index is 13.9. The molecule has 1 unspecified atom stereocenters. The first-order valence-corrected chi connectivity index (χ1v) is 6.88. The van der Waals surface area contributed by atoms with E-state index in [9.17, 15) is 9.18 Å². The molecule has 0 spiro atoms. The molecule has 3 nitrogen and oxygen atoms in total. The first kappa shape index (κ1) is 15.2. The summed E-state index contributed by atoms with van der Waals surface area (Å²) in [5.41, 5.74) is 8.10. The van der Waals surface area contributed by atoms with Crippen molar-refractivity contribution in [2.75, 3.05) is 6.61 Å². The van der Waals surface area contributed by atoms with Crippen LogP contribution < -0.4 is 5.73 Å². The maximum absolute atomic E-state index is 13.9. The van der Waals surface area contributed by atoms with Gasteiger partial charge in [0.15, 0.2) is 0 Å². The lowest BCUT2D eigenvalue weighted by atomic mass is 9.98. The minimum absolute atomic E-state index is 0.0387. The molecule has 0 aromatic heterocycles. The minimum Gasteiger partial charge on any atom is -0.466 e. The monoisotopic (exact) mass is 287 g/mol. The molecular weight excluding hydrogens is 269 g/mol. The van der Waals surface area contributed by atoms with E-state index >= 15 is 0 Å². The van der Waals surface area contributed by atoms with E-state index in [1.807, 2.05) is 30.3 Å². The predicted molar refractivity (Wildman–Crippen MR) is 80.0 cm³/mol. The summed E-state index contributed by atoms with van der Waals surface area (Å²) in [6, 6.07) is 13.7. The van der Waals surface area contributed by atoms with Crippen molar-refractivity contribution in [2.24, 2.45) is 5.73 Å². The first-order valence-electron chi connectivity index (χ1n) is 6.88. The van der Waals surface area contributed by atoms with Gasteiger partial charge in [-0.15, -0.1) is 0 Å². The highest BCUT2D eigenvalue weighted by atomic mass is 19.1. The standard InChI is InChI=1S/C17H18FNO2/c1-2-21-17(20)11-16(19)14-10-13(8-9-15(14)18)12-6-4-3-5-7-12/h3-10,16H,2,11,19H2,1H3. The van der Waals surface area contributed by atoms with Crippen molar-refractivity contribution in [3.8, 4) is 11.1 Å². The number of benzene rings is 2. The Morgan fingerprint density at radius 1 is 1.19 bits per heavy atom. The van der Waals surface area contributed by atoms with Gasteiger partial charge in [0.1, 0.15) is 5.82 Å². The van der Waals surface area contributed by atoms with Crippen LogP contribution in [0.5, 0.6) is 0 Å². The first-order chi connectivity index (χ1) is 10.1. The number of hydrogen-bond acceptors (Lipinski definition) is 3. The topological polar surface area (TPSA) is 52.3 Å². The van der Waals surface area contributed by atoms with Gasteiger partial charge in [0.2, 0.25) is 0 Å². The number of rotatable bonds is 5. The molecular formula is C17H18FNO2. The van der Waals surface area contributed by atoms with E-state index in [4.69, 9.17) is 10.5 Å². The number of halogens is 1. The number of nitrogens with two attached hydrogens (primary N) is 1. The van der Waals surface area contributed by atoms with Gasteiger partial charge in [-0.1, -0.05) is 36.4 Å². The summed E-state index contributed by atoms with van der Waals surface area (Å²) in [6.07, 6.45) is -0.0387. The lowest BCUT2D eigenvalue weighted by Gasteiger charge is -2.14. The molecule has 110 valence electrons. The molecule has 0 heterocycles. The Morgan fingerprint density at radius 3 is 2.57 bits per heavy atom. The van der Waals surface area contributed by atoms with E-state index in [1.54, 1.807) is 19.1 Å². The van der Waals surface area contributed by atoms with Crippen LogP contribution in [0.3, 0.4) is 0 Å². The largest absolute Gasteiger partial charge is 0.466 e. The van der Waals surface area contributed by atoms with Crippen LogP contribution in [0.1, 0.15) is 24.9 Å². The lowest BCUT2D eigenvalue weighted by Crippen LogP contribution is -2.18. The average Bonchev–Trinajstić information content (AvgIpc) is 2.48. The number of ether oxygens (including phenoxy) is 1. The zero-order chi connectivity index (χ0) is 15.2. The van der Waals surface area contributed by atoms with Crippen LogP contribution in [0, 0.1) is 5.82 Å². The molecule has 2 N–H and O–H groups in total. The second-order valence-electron chi connectivity index (χ2n) is 4.72. The molecule has 0 saturated carbocycles. The Labute approximate surface area is 123 Å². The van der Waals surface area contributed by atoms with Gasteiger partial charge in [-0.2, -0.15) is 0 Å². The number of hydrogen-bond donors (Lipinski definition) is 1. The summed E-state index contributed by atoms with van der Waals surface area (Å²) in [7, 11) is 0. The van der Waals surface area contributed by atoms with Crippen molar-refractivity contribution in [1.29, 1.82) is 0 Å². The summed E-state index contributed by atoms with van der Waals surface area (Å²) in [4.78, 5) is 11.5. The molecule has 0 aliphatic rings. The maximum Gasteiger partial charge on any atom is 0.307 e. The van der Waals surface area contributed by atoms with Crippen molar-refractivity contribution in [3.63, 3.8) is 0 Å². The van der Waals surface area contributed by atoms with E-state index < -0.39 is 17.8 Å². The highest BCUT2D eigenvalue weighted by Gasteiger charge is 2.17. The third-order valence-corrected chi connectivity index (χ3v) is 3.19. The molecule has 0 fully saturated rings. The Balaban J connectivity index is 2.25. The lowest BCUT2D eigenvalue weighted by molar-refractivity contribution is -0.143. The molecule has 0 aliphatic heterocycles. The Bertz CT molecular complexity index is 613. The highest BCUT2D eigenvalue weighted by Crippen LogP contribution is 2.26. The summed E-state index contributed by atoms with van der Waals surface area (Å²) in [6.45, 7) is 2.01. The average molecular weight is 287 g/mol. The molecule has 0 radical (unpaired) electrons. The van der Waals surface area contributed by atoms with Crippen molar-refractivity contribution in [2.45, 2.75) is 19.4 Å². The Hall–Kier alpha value is -2.20. The number of carbonyl (C=O) groups excluding carboxylic acids is 1. The fourth-order valence-electron chi connectivity index (χ4n) is 2.15. The van der Waals surface area contributed by atoms with Crippen LogP contribution in [-0.2, 0) is 9.53 Å². The fraction of sp³-hybridized carbons (Fsp3) is 0.235. The second-order valence-corrected chi connectivity index (χ2v) is 4.72. The number of carbonyl (C=O) groups is 1. The number of esters is 1. The molecule has 0 saturated heterocycles. The molecule has 0 bridgehead atoms. The van der Waals surface area contributed by atoms with Gasteiger partial charge in [-0.05, 0) is 30.2 Å². The smallest absolute Gasteiger partial charge is 0.307 e. The van der Waals surface area contributed by atoms with E-state index in [2.05, 4.69) is 0 Å². The van der Waals surface area contributed by atoms with Crippen LogP contribution >= 0.6 is 0 Å². The summed E-state index contributed by atoms with van der Waals surface area (Å²) in [5, 5.41) is 0. The Morgan fingerprint density at radius 2 is 1.90 bits per heavy atom. The van der Waals surface area contributed by atoms with Crippen LogP contribution in [0.2, 0.25) is 0 Å². The van der Waals surface area contributed by atoms with Crippen molar-refractivity contribution < 1.29 is 13.9 Å². The molecule has 21 heavy (non-hydrogen) atoms. The molecule has 0 aliphatic carbocycles. The Kier molecular flexibility index (Phi) is 5.06. The highest BCUT2D eigenvalue weighted by molar-refractivity contribution is 5.71. The zero-order valence-electron chi connectivity index (χ0n) is 11.9.